The van der Waals surface area contributed by atoms with Crippen molar-refractivity contribution in [2.75, 3.05) is 21.3 Å². The van der Waals surface area contributed by atoms with E-state index in [2.05, 4.69) is 10.1 Å². The topological polar surface area (TPSA) is 135 Å². The molecular formula is C24H24N4O7. The summed E-state index contributed by atoms with van der Waals surface area (Å²) in [5, 5.41) is 16.7. The number of rotatable bonds is 6. The Balaban J connectivity index is 1.84. The molecule has 11 nitrogen and oxygen atoms in total. The minimum Gasteiger partial charge on any atom is -0.495 e. The van der Waals surface area contributed by atoms with E-state index in [0.29, 0.717) is 22.8 Å². The highest BCUT2D eigenvalue weighted by Crippen LogP contribution is 2.38. The minimum absolute atomic E-state index is 0.107. The highest BCUT2D eigenvalue weighted by atomic mass is 16.5. The van der Waals surface area contributed by atoms with Crippen LogP contribution in [0.15, 0.2) is 57.2 Å². The van der Waals surface area contributed by atoms with Gasteiger partial charge < -0.3 is 19.3 Å². The summed E-state index contributed by atoms with van der Waals surface area (Å²) < 4.78 is 16.9. The Labute approximate surface area is 199 Å². The SMILES string of the molecule is COc1ccc(C2CC(c3c(O)n(-c4ccccc4OC)c(=O)[nH]c3=O)=NN2C(C)=O)cc1OC. The fraction of sp³-hybridized carbons (Fsp3) is 0.250. The van der Waals surface area contributed by atoms with E-state index >= 15 is 0 Å². The molecule has 35 heavy (non-hydrogen) atoms. The highest BCUT2D eigenvalue weighted by molar-refractivity contribution is 6.04. The van der Waals surface area contributed by atoms with E-state index in [-0.39, 0.29) is 29.3 Å². The van der Waals surface area contributed by atoms with Gasteiger partial charge in [-0.15, -0.1) is 0 Å². The van der Waals surface area contributed by atoms with Gasteiger partial charge in [0.2, 0.25) is 11.8 Å². The second-order valence-electron chi connectivity index (χ2n) is 7.71. The van der Waals surface area contributed by atoms with Crippen molar-refractivity contribution < 1.29 is 24.1 Å². The summed E-state index contributed by atoms with van der Waals surface area (Å²) in [6.07, 6.45) is 0.107. The number of nitrogens with one attached hydrogen (secondary N) is 1. The van der Waals surface area contributed by atoms with Crippen molar-refractivity contribution >= 4 is 11.6 Å². The minimum atomic E-state index is -0.848. The van der Waals surface area contributed by atoms with Crippen LogP contribution in [-0.4, -0.2) is 52.6 Å². The number of hydrazone groups is 1. The predicted octanol–water partition coefficient (Wildman–Crippen LogP) is 1.95. The number of benzene rings is 2. The number of para-hydroxylation sites is 2. The molecule has 1 aliphatic heterocycles. The number of amides is 1. The van der Waals surface area contributed by atoms with Crippen molar-refractivity contribution in [3.63, 3.8) is 0 Å². The number of ether oxygens (including phenoxy) is 3. The molecule has 0 radical (unpaired) electrons. The second kappa shape index (κ2) is 9.37. The Kier molecular flexibility index (Phi) is 6.32. The normalized spacial score (nSPS) is 15.0. The molecule has 3 aromatic rings. The van der Waals surface area contributed by atoms with Gasteiger partial charge in [-0.1, -0.05) is 18.2 Å². The molecule has 11 heteroatoms. The smallest absolute Gasteiger partial charge is 0.335 e. The average molecular weight is 480 g/mol. The Hall–Kier alpha value is -4.54. The zero-order valence-corrected chi connectivity index (χ0v) is 19.6. The summed E-state index contributed by atoms with van der Waals surface area (Å²) in [6, 6.07) is 11.2. The first-order valence-electron chi connectivity index (χ1n) is 10.6. The van der Waals surface area contributed by atoms with E-state index in [9.17, 15) is 19.5 Å². The molecule has 1 aliphatic rings. The lowest BCUT2D eigenvalue weighted by molar-refractivity contribution is -0.130. The second-order valence-corrected chi connectivity index (χ2v) is 7.71. The van der Waals surface area contributed by atoms with Crippen LogP contribution < -0.4 is 25.5 Å². The quantitative estimate of drug-likeness (QED) is 0.550. The number of carbonyl (C=O) groups is 1. The molecule has 2 aromatic carbocycles. The maximum atomic E-state index is 12.8. The third-order valence-corrected chi connectivity index (χ3v) is 5.73. The molecule has 1 aromatic heterocycles. The van der Waals surface area contributed by atoms with Gasteiger partial charge in [-0.05, 0) is 29.8 Å². The number of aromatic hydroxyl groups is 1. The lowest BCUT2D eigenvalue weighted by Crippen LogP contribution is -2.33. The van der Waals surface area contributed by atoms with Crippen molar-refractivity contribution in [1.82, 2.24) is 14.6 Å². The van der Waals surface area contributed by atoms with Gasteiger partial charge in [0, 0.05) is 13.3 Å². The number of hydrogen-bond acceptors (Lipinski definition) is 8. The Morgan fingerprint density at radius 1 is 1.03 bits per heavy atom. The molecule has 0 aliphatic carbocycles. The van der Waals surface area contributed by atoms with E-state index in [0.717, 1.165) is 4.57 Å². The number of carbonyl (C=O) groups excluding carboxylic acids is 1. The van der Waals surface area contributed by atoms with Crippen LogP contribution in [0.1, 0.15) is 30.5 Å². The van der Waals surface area contributed by atoms with Crippen molar-refractivity contribution in [3.05, 3.63) is 74.4 Å². The molecule has 2 N–H and O–H groups in total. The molecule has 2 heterocycles. The van der Waals surface area contributed by atoms with E-state index in [1.807, 2.05) is 0 Å². The molecular weight excluding hydrogens is 456 g/mol. The summed E-state index contributed by atoms with van der Waals surface area (Å²) in [6.45, 7) is 1.35. The Morgan fingerprint density at radius 2 is 1.71 bits per heavy atom. The molecule has 1 unspecified atom stereocenters. The fourth-order valence-electron chi connectivity index (χ4n) is 4.09. The van der Waals surface area contributed by atoms with Gasteiger partial charge in [-0.2, -0.15) is 5.10 Å². The highest BCUT2D eigenvalue weighted by Gasteiger charge is 2.35. The standard InChI is InChI=1S/C24H24N4O7/c1-13(29)28-17(14-9-10-19(34-3)20(11-14)35-4)12-15(26-28)21-22(30)25-24(32)27(23(21)31)16-7-5-6-8-18(16)33-2/h5-11,17,31H,12H2,1-4H3,(H,25,30,32). The van der Waals surface area contributed by atoms with Crippen LogP contribution in [0.25, 0.3) is 5.69 Å². The monoisotopic (exact) mass is 480 g/mol. The van der Waals surface area contributed by atoms with E-state index in [1.54, 1.807) is 42.5 Å². The van der Waals surface area contributed by atoms with Gasteiger partial charge in [-0.25, -0.2) is 14.4 Å². The molecule has 182 valence electrons. The van der Waals surface area contributed by atoms with Gasteiger partial charge in [0.15, 0.2) is 11.5 Å². The summed E-state index contributed by atoms with van der Waals surface area (Å²) in [7, 11) is 4.44. The third kappa shape index (κ3) is 4.12. The van der Waals surface area contributed by atoms with Crippen molar-refractivity contribution in [1.29, 1.82) is 0 Å². The van der Waals surface area contributed by atoms with Crippen LogP contribution in [0.3, 0.4) is 0 Å². The van der Waals surface area contributed by atoms with Crippen LogP contribution in [0.4, 0.5) is 0 Å². The molecule has 4 rings (SSSR count). The van der Waals surface area contributed by atoms with Crippen LogP contribution in [-0.2, 0) is 4.79 Å². The predicted molar refractivity (Wildman–Crippen MR) is 127 cm³/mol. The first kappa shape index (κ1) is 23.6. The summed E-state index contributed by atoms with van der Waals surface area (Å²) >= 11 is 0. The van der Waals surface area contributed by atoms with Gasteiger partial charge >= 0.3 is 5.69 Å². The molecule has 1 amide bonds. The number of hydrogen-bond donors (Lipinski definition) is 2. The van der Waals surface area contributed by atoms with E-state index < -0.39 is 23.2 Å². The summed E-state index contributed by atoms with van der Waals surface area (Å²) in [5.41, 5.74) is -0.834. The number of aromatic amines is 1. The molecule has 0 fully saturated rings. The Morgan fingerprint density at radius 3 is 2.37 bits per heavy atom. The number of H-pyrrole nitrogens is 1. The summed E-state index contributed by atoms with van der Waals surface area (Å²) in [4.78, 5) is 40.1. The lowest BCUT2D eigenvalue weighted by Gasteiger charge is -2.21. The zero-order valence-electron chi connectivity index (χ0n) is 19.6. The number of nitrogens with zero attached hydrogens (tertiary/aromatic N) is 3. The van der Waals surface area contributed by atoms with Gasteiger partial charge in [-0.3, -0.25) is 14.6 Å². The van der Waals surface area contributed by atoms with Crippen LogP contribution in [0.2, 0.25) is 0 Å². The lowest BCUT2D eigenvalue weighted by atomic mass is 9.98. The molecule has 0 spiro atoms. The fourth-order valence-corrected chi connectivity index (χ4v) is 4.09. The maximum Gasteiger partial charge on any atom is 0.335 e. The zero-order chi connectivity index (χ0) is 25.3. The van der Waals surface area contributed by atoms with Crippen molar-refractivity contribution in [2.45, 2.75) is 19.4 Å². The van der Waals surface area contributed by atoms with Gasteiger partial charge in [0.05, 0.1) is 38.8 Å². The van der Waals surface area contributed by atoms with Crippen LogP contribution in [0, 0.1) is 0 Å². The molecule has 0 saturated carbocycles. The maximum absolute atomic E-state index is 12.8. The van der Waals surface area contributed by atoms with Crippen LogP contribution >= 0.6 is 0 Å². The van der Waals surface area contributed by atoms with Gasteiger partial charge in [0.25, 0.3) is 5.56 Å². The largest absolute Gasteiger partial charge is 0.495 e. The van der Waals surface area contributed by atoms with Crippen molar-refractivity contribution in [2.24, 2.45) is 5.10 Å². The number of aromatic nitrogens is 2. The van der Waals surface area contributed by atoms with E-state index in [1.165, 1.54) is 33.3 Å². The average Bonchev–Trinajstić information content (AvgIpc) is 3.29. The molecule has 0 saturated heterocycles. The van der Waals surface area contributed by atoms with Gasteiger partial charge in [0.1, 0.15) is 11.3 Å². The van der Waals surface area contributed by atoms with Crippen molar-refractivity contribution in [3.8, 4) is 28.8 Å². The van der Waals surface area contributed by atoms with E-state index in [4.69, 9.17) is 14.2 Å². The first-order chi connectivity index (χ1) is 16.8. The first-order valence-corrected chi connectivity index (χ1v) is 10.6. The number of methoxy groups -OCH3 is 3. The third-order valence-electron chi connectivity index (χ3n) is 5.73. The van der Waals surface area contributed by atoms with Crippen LogP contribution in [0.5, 0.6) is 23.1 Å². The summed E-state index contributed by atoms with van der Waals surface area (Å²) in [5.74, 6) is 0.312. The molecule has 1 atom stereocenters. The molecule has 0 bridgehead atoms. The Bertz CT molecular complexity index is 1440.